The number of imidazole rings is 1. The summed E-state index contributed by atoms with van der Waals surface area (Å²) in [5.41, 5.74) is 9.49. The van der Waals surface area contributed by atoms with E-state index >= 15 is 0 Å². The van der Waals surface area contributed by atoms with Crippen LogP contribution in [-0.4, -0.2) is 9.55 Å². The average molecular weight is 350 g/mol. The summed E-state index contributed by atoms with van der Waals surface area (Å²) in [6.45, 7) is 12.9. The highest BCUT2D eigenvalue weighted by Crippen LogP contribution is 2.37. The van der Waals surface area contributed by atoms with Gasteiger partial charge < -0.3 is 10.3 Å². The monoisotopic (exact) mass is 349 g/mol. The van der Waals surface area contributed by atoms with Crippen LogP contribution in [0.2, 0.25) is 0 Å². The van der Waals surface area contributed by atoms with Gasteiger partial charge in [0.25, 0.3) is 0 Å². The van der Waals surface area contributed by atoms with Crippen molar-refractivity contribution in [3.63, 3.8) is 0 Å². The van der Waals surface area contributed by atoms with Crippen LogP contribution >= 0.6 is 15.9 Å². The Kier molecular flexibility index (Phi) is 4.20. The average Bonchev–Trinajstić information content (AvgIpc) is 2.67. The minimum absolute atomic E-state index is 0.0478. The molecule has 0 aliphatic heterocycles. The van der Waals surface area contributed by atoms with Crippen molar-refractivity contribution in [2.24, 2.45) is 0 Å². The second-order valence-electron chi connectivity index (χ2n) is 6.87. The van der Waals surface area contributed by atoms with Gasteiger partial charge >= 0.3 is 0 Å². The molecule has 1 aromatic heterocycles. The molecule has 3 nitrogen and oxygen atoms in total. The molecule has 0 fully saturated rings. The van der Waals surface area contributed by atoms with Gasteiger partial charge in [0.2, 0.25) is 0 Å². The van der Waals surface area contributed by atoms with Crippen LogP contribution < -0.4 is 5.73 Å². The first-order valence-corrected chi connectivity index (χ1v) is 8.07. The summed E-state index contributed by atoms with van der Waals surface area (Å²) in [4.78, 5) is 4.87. The van der Waals surface area contributed by atoms with Crippen LogP contribution in [0.3, 0.4) is 0 Å². The van der Waals surface area contributed by atoms with Crippen LogP contribution in [0.1, 0.15) is 52.0 Å². The first-order valence-electron chi connectivity index (χ1n) is 7.27. The van der Waals surface area contributed by atoms with Gasteiger partial charge in [0.05, 0.1) is 0 Å². The van der Waals surface area contributed by atoms with Crippen molar-refractivity contribution in [3.05, 3.63) is 34.1 Å². The second kappa shape index (κ2) is 5.48. The van der Waals surface area contributed by atoms with E-state index in [2.05, 4.69) is 80.2 Å². The standard InChI is InChI=1S/C17H24BrN3/c1-10(2)21-15(19)14(20-16(21)17(4,5)6)12-8-7-11(3)9-13(12)18/h7-10H,19H2,1-6H3. The molecule has 0 atom stereocenters. The highest BCUT2D eigenvalue weighted by molar-refractivity contribution is 9.10. The number of halogens is 1. The lowest BCUT2D eigenvalue weighted by Gasteiger charge is -2.22. The van der Waals surface area contributed by atoms with Crippen molar-refractivity contribution in [2.75, 3.05) is 5.73 Å². The van der Waals surface area contributed by atoms with Crippen molar-refractivity contribution >= 4 is 21.7 Å². The SMILES string of the molecule is Cc1ccc(-c2nc(C(C)(C)C)n(C(C)C)c2N)c(Br)c1. The molecule has 0 aliphatic carbocycles. The third-order valence-electron chi connectivity index (χ3n) is 3.51. The molecule has 21 heavy (non-hydrogen) atoms. The second-order valence-corrected chi connectivity index (χ2v) is 7.72. The summed E-state index contributed by atoms with van der Waals surface area (Å²) in [5, 5.41) is 0. The number of nitrogens with zero attached hydrogens (tertiary/aromatic N) is 2. The number of rotatable bonds is 2. The van der Waals surface area contributed by atoms with Crippen LogP contribution in [-0.2, 0) is 5.41 Å². The Labute approximate surface area is 135 Å². The van der Waals surface area contributed by atoms with E-state index in [4.69, 9.17) is 10.7 Å². The fourth-order valence-electron chi connectivity index (χ4n) is 2.51. The highest BCUT2D eigenvalue weighted by atomic mass is 79.9. The summed E-state index contributed by atoms with van der Waals surface area (Å²) >= 11 is 3.63. The molecule has 1 aromatic carbocycles. The van der Waals surface area contributed by atoms with E-state index in [1.54, 1.807) is 0 Å². The molecule has 0 saturated carbocycles. The molecule has 4 heteroatoms. The minimum Gasteiger partial charge on any atom is -0.383 e. The smallest absolute Gasteiger partial charge is 0.132 e. The first-order chi connectivity index (χ1) is 9.62. The molecule has 2 N–H and O–H groups in total. The van der Waals surface area contributed by atoms with Gasteiger partial charge in [-0.3, -0.25) is 0 Å². The van der Waals surface area contributed by atoms with Gasteiger partial charge in [-0.2, -0.15) is 0 Å². The molecular formula is C17H24BrN3. The summed E-state index contributed by atoms with van der Waals surface area (Å²) in [7, 11) is 0. The van der Waals surface area contributed by atoms with Crippen LogP contribution in [0.15, 0.2) is 22.7 Å². The molecule has 0 aliphatic rings. The zero-order valence-corrected chi connectivity index (χ0v) is 15.2. The molecule has 0 amide bonds. The highest BCUT2D eigenvalue weighted by Gasteiger charge is 2.27. The van der Waals surface area contributed by atoms with E-state index < -0.39 is 0 Å². The third kappa shape index (κ3) is 3.00. The van der Waals surface area contributed by atoms with E-state index in [0.717, 1.165) is 27.4 Å². The number of hydrogen-bond acceptors (Lipinski definition) is 2. The quantitative estimate of drug-likeness (QED) is 0.821. The molecule has 0 saturated heterocycles. The lowest BCUT2D eigenvalue weighted by Crippen LogP contribution is -2.21. The van der Waals surface area contributed by atoms with Crippen LogP contribution in [0.4, 0.5) is 5.82 Å². The van der Waals surface area contributed by atoms with Crippen LogP contribution in [0.25, 0.3) is 11.3 Å². The number of hydrogen-bond donors (Lipinski definition) is 1. The molecule has 0 bridgehead atoms. The molecule has 2 aromatic rings. The lowest BCUT2D eigenvalue weighted by molar-refractivity contribution is 0.473. The molecule has 114 valence electrons. The van der Waals surface area contributed by atoms with Gasteiger partial charge in [-0.15, -0.1) is 0 Å². The van der Waals surface area contributed by atoms with Gasteiger partial charge in [0.15, 0.2) is 0 Å². The van der Waals surface area contributed by atoms with Crippen molar-refractivity contribution < 1.29 is 0 Å². The molecule has 0 unspecified atom stereocenters. The summed E-state index contributed by atoms with van der Waals surface area (Å²) in [6.07, 6.45) is 0. The van der Waals surface area contributed by atoms with Gasteiger partial charge in [-0.25, -0.2) is 4.98 Å². The number of benzene rings is 1. The van der Waals surface area contributed by atoms with E-state index in [1.807, 2.05) is 0 Å². The fraction of sp³-hybridized carbons (Fsp3) is 0.471. The zero-order valence-electron chi connectivity index (χ0n) is 13.7. The van der Waals surface area contributed by atoms with E-state index in [0.29, 0.717) is 0 Å². The number of aryl methyl sites for hydroxylation is 1. The number of anilines is 1. The van der Waals surface area contributed by atoms with Crippen LogP contribution in [0.5, 0.6) is 0 Å². The van der Waals surface area contributed by atoms with E-state index in [-0.39, 0.29) is 11.5 Å². The molecule has 0 spiro atoms. The molecule has 2 rings (SSSR count). The van der Waals surface area contributed by atoms with Gasteiger partial charge in [0, 0.05) is 21.5 Å². The summed E-state index contributed by atoms with van der Waals surface area (Å²) < 4.78 is 3.17. The maximum absolute atomic E-state index is 6.42. The maximum atomic E-state index is 6.42. The Bertz CT molecular complexity index is 663. The largest absolute Gasteiger partial charge is 0.383 e. The predicted molar refractivity (Wildman–Crippen MR) is 93.6 cm³/mol. The minimum atomic E-state index is -0.0478. The fourth-order valence-corrected chi connectivity index (χ4v) is 3.19. The van der Waals surface area contributed by atoms with Gasteiger partial charge in [-0.1, -0.05) is 48.8 Å². The Morgan fingerprint density at radius 3 is 2.29 bits per heavy atom. The molecule has 0 radical (unpaired) electrons. The third-order valence-corrected chi connectivity index (χ3v) is 4.17. The Hall–Kier alpha value is -1.29. The summed E-state index contributed by atoms with van der Waals surface area (Å²) in [6, 6.07) is 6.55. The first kappa shape index (κ1) is 16.1. The Morgan fingerprint density at radius 1 is 1.24 bits per heavy atom. The van der Waals surface area contributed by atoms with E-state index in [1.165, 1.54) is 5.56 Å². The van der Waals surface area contributed by atoms with Crippen molar-refractivity contribution in [1.82, 2.24) is 9.55 Å². The Balaban J connectivity index is 2.71. The topological polar surface area (TPSA) is 43.8 Å². The molecular weight excluding hydrogens is 326 g/mol. The van der Waals surface area contributed by atoms with Gasteiger partial charge in [0.1, 0.15) is 17.3 Å². The van der Waals surface area contributed by atoms with Crippen molar-refractivity contribution in [2.45, 2.75) is 53.0 Å². The number of nitrogen functional groups attached to an aromatic ring is 1. The molecule has 1 heterocycles. The number of nitrogens with two attached hydrogens (primary N) is 1. The summed E-state index contributed by atoms with van der Waals surface area (Å²) in [5.74, 6) is 1.76. The zero-order chi connectivity index (χ0) is 15.9. The maximum Gasteiger partial charge on any atom is 0.132 e. The predicted octanol–water partition coefficient (Wildman–Crippen LogP) is 5.08. The Morgan fingerprint density at radius 2 is 1.86 bits per heavy atom. The van der Waals surface area contributed by atoms with E-state index in [9.17, 15) is 0 Å². The van der Waals surface area contributed by atoms with Crippen LogP contribution in [0, 0.1) is 6.92 Å². The number of aromatic nitrogens is 2. The van der Waals surface area contributed by atoms with Crippen molar-refractivity contribution in [3.8, 4) is 11.3 Å². The van der Waals surface area contributed by atoms with Crippen molar-refractivity contribution in [1.29, 1.82) is 0 Å². The normalized spacial score (nSPS) is 12.2. The van der Waals surface area contributed by atoms with Gasteiger partial charge in [-0.05, 0) is 32.4 Å². The lowest BCUT2D eigenvalue weighted by atomic mass is 9.95.